The van der Waals surface area contributed by atoms with Crippen molar-refractivity contribution in [1.29, 1.82) is 0 Å². The highest BCUT2D eigenvalue weighted by atomic mass is 16.5. The molecule has 5 heteroatoms. The third-order valence-electron chi connectivity index (χ3n) is 3.73. The molecule has 1 aromatic carbocycles. The van der Waals surface area contributed by atoms with Crippen molar-refractivity contribution in [2.45, 2.75) is 13.0 Å². The molecule has 0 spiro atoms. The molecule has 0 saturated carbocycles. The summed E-state index contributed by atoms with van der Waals surface area (Å²) in [5.74, 6) is 0. The third-order valence-corrected chi connectivity index (χ3v) is 3.73. The molecule has 1 aromatic heterocycles. The molecule has 3 rings (SSSR count). The molecule has 0 unspecified atom stereocenters. The molecule has 2 heterocycles. The third kappa shape index (κ3) is 3.83. The Labute approximate surface area is 129 Å². The van der Waals surface area contributed by atoms with Gasteiger partial charge in [0.25, 0.3) is 0 Å². The molecule has 0 aliphatic carbocycles. The van der Waals surface area contributed by atoms with Crippen molar-refractivity contribution in [2.24, 2.45) is 0 Å². The van der Waals surface area contributed by atoms with E-state index in [-0.39, 0.29) is 6.09 Å². The Kier molecular flexibility index (Phi) is 4.65. The van der Waals surface area contributed by atoms with Crippen molar-refractivity contribution in [3.63, 3.8) is 0 Å². The van der Waals surface area contributed by atoms with Crippen LogP contribution in [0.15, 0.2) is 60.7 Å². The number of carbonyl (C=O) groups is 1. The molecule has 22 heavy (non-hydrogen) atoms. The largest absolute Gasteiger partial charge is 0.444 e. The first-order valence-electron chi connectivity index (χ1n) is 7.40. The fraction of sp³-hybridized carbons (Fsp3) is 0.294. The second kappa shape index (κ2) is 7.04. The first-order chi connectivity index (χ1) is 10.8. The molecule has 0 amide bonds. The summed E-state index contributed by atoms with van der Waals surface area (Å²) >= 11 is 0. The van der Waals surface area contributed by atoms with Gasteiger partial charge in [-0.2, -0.15) is 0 Å². The van der Waals surface area contributed by atoms with Gasteiger partial charge in [0.15, 0.2) is 0 Å². The minimum atomic E-state index is -0.384. The Morgan fingerprint density at radius 1 is 1.27 bits per heavy atom. The van der Waals surface area contributed by atoms with E-state index in [2.05, 4.69) is 40.2 Å². The summed E-state index contributed by atoms with van der Waals surface area (Å²) in [6.45, 7) is 3.20. The number of hydrogen-bond donors (Lipinski definition) is 0. The molecule has 0 fully saturated rings. The number of aromatic nitrogens is 2. The van der Waals surface area contributed by atoms with Crippen LogP contribution in [0.1, 0.15) is 12.0 Å². The average molecular weight is 297 g/mol. The van der Waals surface area contributed by atoms with Gasteiger partial charge in [-0.1, -0.05) is 36.4 Å². The van der Waals surface area contributed by atoms with E-state index in [1.807, 2.05) is 6.07 Å². The van der Waals surface area contributed by atoms with Crippen LogP contribution in [0.25, 0.3) is 0 Å². The van der Waals surface area contributed by atoms with Crippen molar-refractivity contribution < 1.29 is 9.53 Å². The normalized spacial score (nSPS) is 15.4. The number of nitrogens with zero attached hydrogens (tertiary/aromatic N) is 3. The predicted octanol–water partition coefficient (Wildman–Crippen LogP) is 2.70. The zero-order chi connectivity index (χ0) is 15.2. The van der Waals surface area contributed by atoms with Gasteiger partial charge in [-0.05, 0) is 17.6 Å². The standard InChI is InChI=1S/C17H19N3O2/c21-17(20-11-8-18-14-20)22-13-16-6-9-19(10-7-16)12-15-4-2-1-3-5-15/h1-6,8,11,14H,7,9-10,12-13H2. The quantitative estimate of drug-likeness (QED) is 0.814. The monoisotopic (exact) mass is 297 g/mol. The zero-order valence-corrected chi connectivity index (χ0v) is 12.4. The maximum atomic E-state index is 11.7. The van der Waals surface area contributed by atoms with Gasteiger partial charge >= 0.3 is 6.09 Å². The summed E-state index contributed by atoms with van der Waals surface area (Å²) in [5, 5.41) is 0. The summed E-state index contributed by atoms with van der Waals surface area (Å²) in [5.41, 5.74) is 2.50. The highest BCUT2D eigenvalue weighted by molar-refractivity contribution is 5.70. The van der Waals surface area contributed by atoms with Crippen LogP contribution in [-0.2, 0) is 11.3 Å². The van der Waals surface area contributed by atoms with Crippen molar-refractivity contribution in [1.82, 2.24) is 14.5 Å². The van der Waals surface area contributed by atoms with Gasteiger partial charge in [0, 0.05) is 32.0 Å². The van der Waals surface area contributed by atoms with Gasteiger partial charge in [-0.3, -0.25) is 4.90 Å². The molecule has 2 aromatic rings. The maximum Gasteiger partial charge on any atom is 0.419 e. The number of imidazole rings is 1. The molecular formula is C17H19N3O2. The van der Waals surface area contributed by atoms with E-state index in [9.17, 15) is 4.79 Å². The minimum absolute atomic E-state index is 0.357. The van der Waals surface area contributed by atoms with E-state index in [1.165, 1.54) is 22.0 Å². The number of ether oxygens (including phenoxy) is 1. The minimum Gasteiger partial charge on any atom is -0.444 e. The number of rotatable bonds is 4. The van der Waals surface area contributed by atoms with Crippen LogP contribution >= 0.6 is 0 Å². The SMILES string of the molecule is O=C(OCC1=CCN(Cc2ccccc2)CC1)n1ccnc1. The van der Waals surface area contributed by atoms with Crippen LogP contribution in [0, 0.1) is 0 Å². The van der Waals surface area contributed by atoms with Gasteiger partial charge in [-0.25, -0.2) is 14.3 Å². The van der Waals surface area contributed by atoms with Crippen molar-refractivity contribution in [2.75, 3.05) is 19.7 Å². The van der Waals surface area contributed by atoms with Crippen LogP contribution in [0.4, 0.5) is 4.79 Å². The summed E-state index contributed by atoms with van der Waals surface area (Å²) in [6, 6.07) is 10.5. The Hall–Kier alpha value is -2.40. The van der Waals surface area contributed by atoms with Gasteiger partial charge in [-0.15, -0.1) is 0 Å². The van der Waals surface area contributed by atoms with Crippen LogP contribution in [-0.4, -0.2) is 40.2 Å². The fourth-order valence-corrected chi connectivity index (χ4v) is 2.47. The zero-order valence-electron chi connectivity index (χ0n) is 12.4. The van der Waals surface area contributed by atoms with Crippen LogP contribution in [0.2, 0.25) is 0 Å². The van der Waals surface area contributed by atoms with Gasteiger partial charge in [0.1, 0.15) is 12.9 Å². The van der Waals surface area contributed by atoms with Crippen molar-refractivity contribution in [3.8, 4) is 0 Å². The lowest BCUT2D eigenvalue weighted by molar-refractivity contribution is 0.154. The number of benzene rings is 1. The molecule has 0 atom stereocenters. The molecule has 0 radical (unpaired) electrons. The fourth-order valence-electron chi connectivity index (χ4n) is 2.47. The molecule has 0 bridgehead atoms. The lowest BCUT2D eigenvalue weighted by atomic mass is 10.1. The molecule has 5 nitrogen and oxygen atoms in total. The first kappa shape index (κ1) is 14.5. The second-order valence-corrected chi connectivity index (χ2v) is 5.36. The molecule has 114 valence electrons. The van der Waals surface area contributed by atoms with Gasteiger partial charge < -0.3 is 4.74 Å². The lowest BCUT2D eigenvalue weighted by Crippen LogP contribution is -2.29. The highest BCUT2D eigenvalue weighted by Gasteiger charge is 2.13. The Bertz CT molecular complexity index is 635. The average Bonchev–Trinajstić information content (AvgIpc) is 3.09. The summed E-state index contributed by atoms with van der Waals surface area (Å²) in [4.78, 5) is 17.9. The predicted molar refractivity (Wildman–Crippen MR) is 83.4 cm³/mol. The second-order valence-electron chi connectivity index (χ2n) is 5.36. The lowest BCUT2D eigenvalue weighted by Gasteiger charge is -2.26. The van der Waals surface area contributed by atoms with Crippen LogP contribution in [0.3, 0.4) is 0 Å². The van der Waals surface area contributed by atoms with E-state index in [1.54, 1.807) is 12.4 Å². The van der Waals surface area contributed by atoms with Crippen molar-refractivity contribution >= 4 is 6.09 Å². The first-order valence-corrected chi connectivity index (χ1v) is 7.40. The Morgan fingerprint density at radius 2 is 2.14 bits per heavy atom. The molecule has 1 aliphatic heterocycles. The smallest absolute Gasteiger partial charge is 0.419 e. The molecule has 1 aliphatic rings. The van der Waals surface area contributed by atoms with E-state index in [0.717, 1.165) is 26.1 Å². The van der Waals surface area contributed by atoms with Crippen molar-refractivity contribution in [3.05, 3.63) is 66.3 Å². The summed E-state index contributed by atoms with van der Waals surface area (Å²) in [7, 11) is 0. The molecule has 0 saturated heterocycles. The maximum absolute atomic E-state index is 11.7. The van der Waals surface area contributed by atoms with E-state index >= 15 is 0 Å². The van der Waals surface area contributed by atoms with Gasteiger partial charge in [0.2, 0.25) is 0 Å². The van der Waals surface area contributed by atoms with E-state index in [4.69, 9.17) is 4.74 Å². The Morgan fingerprint density at radius 3 is 2.82 bits per heavy atom. The highest BCUT2D eigenvalue weighted by Crippen LogP contribution is 2.14. The van der Waals surface area contributed by atoms with E-state index < -0.39 is 0 Å². The molecule has 0 N–H and O–H groups in total. The van der Waals surface area contributed by atoms with E-state index in [0.29, 0.717) is 6.61 Å². The summed E-state index contributed by atoms with van der Waals surface area (Å²) < 4.78 is 6.62. The molecular weight excluding hydrogens is 278 g/mol. The van der Waals surface area contributed by atoms with Gasteiger partial charge in [0.05, 0.1) is 0 Å². The van der Waals surface area contributed by atoms with Crippen LogP contribution in [0.5, 0.6) is 0 Å². The summed E-state index contributed by atoms with van der Waals surface area (Å²) in [6.07, 6.45) is 7.30. The Balaban J connectivity index is 1.46. The van der Waals surface area contributed by atoms with Crippen LogP contribution < -0.4 is 0 Å². The number of carbonyl (C=O) groups excluding carboxylic acids is 1. The topological polar surface area (TPSA) is 47.4 Å². The number of hydrogen-bond acceptors (Lipinski definition) is 4.